The minimum Gasteiger partial charge on any atom is -0.469 e. The van der Waals surface area contributed by atoms with Crippen LogP contribution in [-0.2, 0) is 20.9 Å². The molecule has 1 rings (SSSR count). The van der Waals surface area contributed by atoms with Crippen molar-refractivity contribution < 1.29 is 23.1 Å². The predicted molar refractivity (Wildman–Crippen MR) is 87.0 cm³/mol. The molecule has 4 nitrogen and oxygen atoms in total. The Morgan fingerprint density at radius 1 is 1.17 bits per heavy atom. The van der Waals surface area contributed by atoms with Gasteiger partial charge in [0, 0.05) is 19.5 Å². The first-order valence-electron chi connectivity index (χ1n) is 8.03. The summed E-state index contributed by atoms with van der Waals surface area (Å²) in [6.07, 6.45) is 0.393. The van der Waals surface area contributed by atoms with Crippen LogP contribution in [0.5, 0.6) is 0 Å². The van der Waals surface area contributed by atoms with Crippen molar-refractivity contribution in [3.8, 4) is 0 Å². The first-order chi connectivity index (χ1) is 11.2. The molecule has 0 bridgehead atoms. The van der Waals surface area contributed by atoms with Crippen molar-refractivity contribution >= 4 is 11.9 Å². The minimum absolute atomic E-state index is 0.0575. The quantitative estimate of drug-likeness (QED) is 0.680. The topological polar surface area (TPSA) is 46.6 Å². The molecule has 0 fully saturated rings. The highest BCUT2D eigenvalue weighted by atomic mass is 19.2. The van der Waals surface area contributed by atoms with Crippen LogP contribution in [0.4, 0.5) is 8.78 Å². The Hall–Kier alpha value is -1.98. The molecular weight excluding hydrogens is 316 g/mol. The van der Waals surface area contributed by atoms with E-state index in [9.17, 15) is 18.4 Å². The highest BCUT2D eigenvalue weighted by Crippen LogP contribution is 2.18. The van der Waals surface area contributed by atoms with Crippen LogP contribution in [0.15, 0.2) is 18.2 Å². The number of nitrogens with zero attached hydrogens (tertiary/aromatic N) is 1. The van der Waals surface area contributed by atoms with E-state index >= 15 is 0 Å². The molecule has 1 unspecified atom stereocenters. The van der Waals surface area contributed by atoms with Gasteiger partial charge in [-0.25, -0.2) is 8.78 Å². The third kappa shape index (κ3) is 6.26. The molecule has 0 spiro atoms. The molecule has 0 saturated carbocycles. The smallest absolute Gasteiger partial charge is 0.307 e. The van der Waals surface area contributed by atoms with Crippen molar-refractivity contribution in [2.24, 2.45) is 11.8 Å². The second-order valence-electron chi connectivity index (χ2n) is 6.32. The van der Waals surface area contributed by atoms with Crippen molar-refractivity contribution in [1.82, 2.24) is 4.90 Å². The molecule has 1 aromatic carbocycles. The zero-order chi connectivity index (χ0) is 18.3. The van der Waals surface area contributed by atoms with Crippen molar-refractivity contribution in [3.05, 3.63) is 35.4 Å². The number of halogens is 2. The summed E-state index contributed by atoms with van der Waals surface area (Å²) in [4.78, 5) is 25.4. The van der Waals surface area contributed by atoms with Gasteiger partial charge in [-0.15, -0.1) is 0 Å². The molecule has 0 aliphatic rings. The molecule has 0 heterocycles. The van der Waals surface area contributed by atoms with Crippen LogP contribution < -0.4 is 0 Å². The first kappa shape index (κ1) is 20.1. The number of hydrogen-bond acceptors (Lipinski definition) is 3. The van der Waals surface area contributed by atoms with E-state index in [1.807, 2.05) is 20.8 Å². The third-order valence-electron chi connectivity index (χ3n) is 4.16. The van der Waals surface area contributed by atoms with Crippen LogP contribution in [-0.4, -0.2) is 30.4 Å². The highest BCUT2D eigenvalue weighted by molar-refractivity contribution is 5.77. The number of rotatable bonds is 8. The molecule has 1 aromatic rings. The molecule has 6 heteroatoms. The van der Waals surface area contributed by atoms with Crippen molar-refractivity contribution in [2.45, 2.75) is 40.2 Å². The number of amides is 1. The van der Waals surface area contributed by atoms with E-state index < -0.39 is 17.6 Å². The van der Waals surface area contributed by atoms with Gasteiger partial charge in [0.15, 0.2) is 11.6 Å². The second kappa shape index (κ2) is 9.35. The van der Waals surface area contributed by atoms with E-state index in [0.717, 1.165) is 12.1 Å². The lowest BCUT2D eigenvalue weighted by Crippen LogP contribution is -2.34. The maximum atomic E-state index is 13.4. The van der Waals surface area contributed by atoms with E-state index in [1.165, 1.54) is 18.1 Å². The molecule has 0 aliphatic carbocycles. The van der Waals surface area contributed by atoms with Gasteiger partial charge in [0.25, 0.3) is 0 Å². The Balaban J connectivity index is 2.84. The lowest BCUT2D eigenvalue weighted by atomic mass is 9.94. The van der Waals surface area contributed by atoms with Gasteiger partial charge in [-0.05, 0) is 29.5 Å². The van der Waals surface area contributed by atoms with E-state index in [-0.39, 0.29) is 31.3 Å². The van der Waals surface area contributed by atoms with Gasteiger partial charge < -0.3 is 9.64 Å². The van der Waals surface area contributed by atoms with Crippen LogP contribution >= 0.6 is 0 Å². The Morgan fingerprint density at radius 2 is 1.83 bits per heavy atom. The maximum Gasteiger partial charge on any atom is 0.307 e. The number of esters is 1. The summed E-state index contributed by atoms with van der Waals surface area (Å²) in [5.74, 6) is -1.90. The summed E-state index contributed by atoms with van der Waals surface area (Å²) in [5.41, 5.74) is 0.476. The Kier molecular flexibility index (Phi) is 7.82. The molecule has 1 atom stereocenters. The van der Waals surface area contributed by atoms with Crippen molar-refractivity contribution in [1.29, 1.82) is 0 Å². The van der Waals surface area contributed by atoms with Gasteiger partial charge >= 0.3 is 5.97 Å². The average molecular weight is 341 g/mol. The van der Waals surface area contributed by atoms with Gasteiger partial charge in [-0.1, -0.05) is 26.8 Å². The minimum atomic E-state index is -0.955. The summed E-state index contributed by atoms with van der Waals surface area (Å²) in [6.45, 7) is 6.35. The maximum absolute atomic E-state index is 13.4. The molecule has 1 amide bonds. The highest BCUT2D eigenvalue weighted by Gasteiger charge is 2.20. The predicted octanol–water partition coefficient (Wildman–Crippen LogP) is 3.54. The monoisotopic (exact) mass is 341 g/mol. The fraction of sp³-hybridized carbons (Fsp3) is 0.556. The number of benzene rings is 1. The second-order valence-corrected chi connectivity index (χ2v) is 6.32. The van der Waals surface area contributed by atoms with Gasteiger partial charge in [-0.3, -0.25) is 9.59 Å². The molecule has 134 valence electrons. The van der Waals surface area contributed by atoms with Crippen LogP contribution in [0.25, 0.3) is 0 Å². The van der Waals surface area contributed by atoms with Crippen LogP contribution in [0.1, 0.15) is 39.2 Å². The fourth-order valence-corrected chi connectivity index (χ4v) is 2.12. The van der Waals surface area contributed by atoms with Crippen molar-refractivity contribution in [3.63, 3.8) is 0 Å². The number of carbonyl (C=O) groups excluding carboxylic acids is 2. The Morgan fingerprint density at radius 3 is 2.38 bits per heavy atom. The Labute approximate surface area is 141 Å². The number of carbonyl (C=O) groups is 2. The lowest BCUT2D eigenvalue weighted by Gasteiger charge is -2.25. The molecular formula is C18H25F2NO3. The van der Waals surface area contributed by atoms with Gasteiger partial charge in [0.2, 0.25) is 5.91 Å². The van der Waals surface area contributed by atoms with Gasteiger partial charge in [0.05, 0.1) is 13.5 Å². The van der Waals surface area contributed by atoms with E-state index in [4.69, 9.17) is 0 Å². The van der Waals surface area contributed by atoms with E-state index in [1.54, 1.807) is 0 Å². The average Bonchev–Trinajstić information content (AvgIpc) is 2.53. The number of ether oxygens (including phenoxy) is 1. The summed E-state index contributed by atoms with van der Waals surface area (Å²) < 4.78 is 31.0. The standard InChI is InChI=1S/C18H25F2NO3/c1-12(2)13(3)9-17(22)21(8-7-18(23)24-4)11-14-5-6-15(19)16(20)10-14/h5-6,10,12-13H,7-9,11H2,1-4H3. The van der Waals surface area contributed by atoms with Gasteiger partial charge in [-0.2, -0.15) is 0 Å². The summed E-state index contributed by atoms with van der Waals surface area (Å²) >= 11 is 0. The number of methoxy groups -OCH3 is 1. The Bertz CT molecular complexity index is 575. The fourth-order valence-electron chi connectivity index (χ4n) is 2.12. The van der Waals surface area contributed by atoms with Crippen molar-refractivity contribution in [2.75, 3.05) is 13.7 Å². The molecule has 0 N–H and O–H groups in total. The molecule has 0 saturated heterocycles. The SMILES string of the molecule is COC(=O)CCN(Cc1ccc(F)c(F)c1)C(=O)CC(C)C(C)C. The van der Waals surface area contributed by atoms with E-state index in [2.05, 4.69) is 4.74 Å². The first-order valence-corrected chi connectivity index (χ1v) is 8.03. The zero-order valence-electron chi connectivity index (χ0n) is 14.6. The molecule has 24 heavy (non-hydrogen) atoms. The van der Waals surface area contributed by atoms with E-state index in [0.29, 0.717) is 17.9 Å². The largest absolute Gasteiger partial charge is 0.469 e. The zero-order valence-corrected chi connectivity index (χ0v) is 14.6. The van der Waals surface area contributed by atoms with Crippen LogP contribution in [0, 0.1) is 23.5 Å². The molecule has 0 radical (unpaired) electrons. The molecule has 0 aliphatic heterocycles. The van der Waals surface area contributed by atoms with Crippen LogP contribution in [0.2, 0.25) is 0 Å². The lowest BCUT2D eigenvalue weighted by molar-refractivity contribution is -0.142. The summed E-state index contributed by atoms with van der Waals surface area (Å²) in [7, 11) is 1.28. The normalized spacial score (nSPS) is 12.1. The summed E-state index contributed by atoms with van der Waals surface area (Å²) in [6, 6.07) is 3.53. The van der Waals surface area contributed by atoms with Crippen LogP contribution in [0.3, 0.4) is 0 Å². The van der Waals surface area contributed by atoms with Gasteiger partial charge in [0.1, 0.15) is 0 Å². The molecule has 0 aromatic heterocycles. The third-order valence-corrected chi connectivity index (χ3v) is 4.16. The summed E-state index contributed by atoms with van der Waals surface area (Å²) in [5, 5.41) is 0. The number of hydrogen-bond donors (Lipinski definition) is 0.